The lowest BCUT2D eigenvalue weighted by atomic mass is 9.92. The molecule has 0 saturated carbocycles. The van der Waals surface area contributed by atoms with Gasteiger partial charge in [-0.15, -0.1) is 0 Å². The van der Waals surface area contributed by atoms with E-state index < -0.39 is 78.7 Å². The van der Waals surface area contributed by atoms with Crippen molar-refractivity contribution in [2.75, 3.05) is 0 Å². The SMILES string of the molecule is O=[N+]([O-])c1ccc(-c2ccc(-c3ccc([N+](=O)[O-])c(C(F)(F)F)c3)c(C(F)(F)F)c2)cc1C(F)(F)F. The largest absolute Gasteiger partial charge is 0.423 e. The minimum absolute atomic E-state index is 0.163. The van der Waals surface area contributed by atoms with Crippen molar-refractivity contribution in [2.45, 2.75) is 18.5 Å². The number of nitrogens with zero attached hydrogens (tertiary/aromatic N) is 2. The number of benzene rings is 3. The highest BCUT2D eigenvalue weighted by Gasteiger charge is 2.41. The van der Waals surface area contributed by atoms with Gasteiger partial charge in [0, 0.05) is 12.1 Å². The highest BCUT2D eigenvalue weighted by atomic mass is 19.4. The van der Waals surface area contributed by atoms with E-state index in [4.69, 9.17) is 0 Å². The summed E-state index contributed by atoms with van der Waals surface area (Å²) in [6, 6.07) is 4.68. The van der Waals surface area contributed by atoms with Crippen molar-refractivity contribution in [3.8, 4) is 22.3 Å². The van der Waals surface area contributed by atoms with Crippen molar-refractivity contribution in [3.63, 3.8) is 0 Å². The van der Waals surface area contributed by atoms with Crippen molar-refractivity contribution < 1.29 is 49.4 Å². The van der Waals surface area contributed by atoms with Gasteiger partial charge in [0.15, 0.2) is 0 Å². The third-order valence-corrected chi connectivity index (χ3v) is 4.97. The number of halogens is 9. The summed E-state index contributed by atoms with van der Waals surface area (Å²) >= 11 is 0. The fourth-order valence-electron chi connectivity index (χ4n) is 3.40. The van der Waals surface area contributed by atoms with Crippen LogP contribution in [0.3, 0.4) is 0 Å². The Labute approximate surface area is 193 Å². The van der Waals surface area contributed by atoms with Crippen LogP contribution in [-0.2, 0) is 18.5 Å². The molecule has 0 bridgehead atoms. The van der Waals surface area contributed by atoms with Crippen molar-refractivity contribution in [2.24, 2.45) is 0 Å². The molecule has 0 atom stereocenters. The van der Waals surface area contributed by atoms with Gasteiger partial charge in [-0.2, -0.15) is 39.5 Å². The Balaban J connectivity index is 2.24. The van der Waals surface area contributed by atoms with Gasteiger partial charge in [-0.25, -0.2) is 0 Å². The quantitative estimate of drug-likeness (QED) is 0.197. The van der Waals surface area contributed by atoms with Gasteiger partial charge < -0.3 is 0 Å². The van der Waals surface area contributed by atoms with E-state index in [0.717, 1.165) is 12.1 Å². The number of hydrogen-bond donors (Lipinski definition) is 0. The van der Waals surface area contributed by atoms with Crippen molar-refractivity contribution in [1.82, 2.24) is 0 Å². The molecule has 0 aliphatic rings. The number of nitro benzene ring substituents is 2. The van der Waals surface area contributed by atoms with E-state index in [1.165, 1.54) is 0 Å². The third kappa shape index (κ3) is 5.23. The first-order valence-electron chi connectivity index (χ1n) is 9.34. The molecule has 0 amide bonds. The summed E-state index contributed by atoms with van der Waals surface area (Å²) in [6.07, 6.45) is -15.7. The Bertz CT molecular complexity index is 1360. The average molecular weight is 524 g/mol. The maximum atomic E-state index is 13.8. The third-order valence-electron chi connectivity index (χ3n) is 4.97. The number of alkyl halides is 9. The molecule has 0 aliphatic heterocycles. The Morgan fingerprint density at radius 1 is 0.500 bits per heavy atom. The zero-order valence-corrected chi connectivity index (χ0v) is 17.1. The lowest BCUT2D eigenvalue weighted by Gasteiger charge is -2.17. The number of rotatable bonds is 4. The second kappa shape index (κ2) is 8.80. The summed E-state index contributed by atoms with van der Waals surface area (Å²) in [5.41, 5.74) is -10.2. The molecule has 3 aromatic carbocycles. The van der Waals surface area contributed by atoms with Crippen molar-refractivity contribution >= 4 is 11.4 Å². The van der Waals surface area contributed by atoms with Crippen LogP contribution in [0.5, 0.6) is 0 Å². The smallest absolute Gasteiger partial charge is 0.258 e. The second-order valence-corrected chi connectivity index (χ2v) is 7.23. The van der Waals surface area contributed by atoms with Gasteiger partial charge in [0.2, 0.25) is 0 Å². The Morgan fingerprint density at radius 2 is 0.833 bits per heavy atom. The number of nitro groups is 2. The van der Waals surface area contributed by atoms with Crippen LogP contribution in [0, 0.1) is 20.2 Å². The average Bonchev–Trinajstić information content (AvgIpc) is 2.76. The molecule has 0 heterocycles. The summed E-state index contributed by atoms with van der Waals surface area (Å²) < 4.78 is 121. The van der Waals surface area contributed by atoms with Crippen LogP contribution in [0.15, 0.2) is 54.6 Å². The Hall–Kier alpha value is -4.17. The molecular formula is C21H9F9N2O4. The standard InChI is InChI=1S/C21H9F9N2O4/c22-19(23,24)14-7-10(11-2-5-17(31(33)34)15(8-11)20(25,26)27)1-4-13(14)12-3-6-18(32(35)36)16(9-12)21(28,29)30/h1-9H. The topological polar surface area (TPSA) is 86.3 Å². The molecule has 0 aliphatic carbocycles. The molecule has 3 aromatic rings. The first-order chi connectivity index (χ1) is 16.4. The first-order valence-corrected chi connectivity index (χ1v) is 9.34. The van der Waals surface area contributed by atoms with Crippen LogP contribution < -0.4 is 0 Å². The van der Waals surface area contributed by atoms with Gasteiger partial charge in [0.1, 0.15) is 11.1 Å². The molecule has 6 nitrogen and oxygen atoms in total. The lowest BCUT2D eigenvalue weighted by Crippen LogP contribution is -2.11. The maximum absolute atomic E-state index is 13.8. The van der Waals surface area contributed by atoms with Gasteiger partial charge in [-0.05, 0) is 52.6 Å². The zero-order valence-electron chi connectivity index (χ0n) is 17.1. The van der Waals surface area contributed by atoms with E-state index >= 15 is 0 Å². The highest BCUT2D eigenvalue weighted by molar-refractivity contribution is 5.76. The van der Waals surface area contributed by atoms with Gasteiger partial charge in [-0.1, -0.05) is 12.1 Å². The molecule has 15 heteroatoms. The fraction of sp³-hybridized carbons (Fsp3) is 0.143. The summed E-state index contributed by atoms with van der Waals surface area (Å²) in [7, 11) is 0. The van der Waals surface area contributed by atoms with E-state index in [9.17, 15) is 59.7 Å². The first kappa shape index (κ1) is 26.4. The predicted molar refractivity (Wildman–Crippen MR) is 106 cm³/mol. The fourth-order valence-corrected chi connectivity index (χ4v) is 3.40. The second-order valence-electron chi connectivity index (χ2n) is 7.23. The number of hydrogen-bond acceptors (Lipinski definition) is 4. The van der Waals surface area contributed by atoms with E-state index in [2.05, 4.69) is 0 Å². The normalized spacial score (nSPS) is 12.5. The van der Waals surface area contributed by atoms with E-state index in [1.54, 1.807) is 0 Å². The van der Waals surface area contributed by atoms with Crippen LogP contribution in [0.25, 0.3) is 22.3 Å². The zero-order chi connectivity index (χ0) is 27.2. The lowest BCUT2D eigenvalue weighted by molar-refractivity contribution is -0.388. The molecule has 0 N–H and O–H groups in total. The van der Waals surface area contributed by atoms with Crippen molar-refractivity contribution in [1.29, 1.82) is 0 Å². The van der Waals surface area contributed by atoms with E-state index in [0.29, 0.717) is 30.3 Å². The molecule has 0 fully saturated rings. The molecule has 0 aromatic heterocycles. The molecule has 3 rings (SSSR count). The molecule has 190 valence electrons. The van der Waals surface area contributed by atoms with Gasteiger partial charge in [-0.3, -0.25) is 20.2 Å². The van der Waals surface area contributed by atoms with Crippen LogP contribution in [0.1, 0.15) is 16.7 Å². The molecule has 0 saturated heterocycles. The van der Waals surface area contributed by atoms with Crippen LogP contribution >= 0.6 is 0 Å². The summed E-state index contributed by atoms with van der Waals surface area (Å²) in [5, 5.41) is 21.8. The molecular weight excluding hydrogens is 515 g/mol. The summed E-state index contributed by atoms with van der Waals surface area (Å²) in [6.45, 7) is 0. The summed E-state index contributed by atoms with van der Waals surface area (Å²) in [4.78, 5) is 19.1. The Kier molecular flexibility index (Phi) is 6.46. The molecule has 36 heavy (non-hydrogen) atoms. The van der Waals surface area contributed by atoms with Gasteiger partial charge in [0.05, 0.1) is 15.4 Å². The van der Waals surface area contributed by atoms with Crippen LogP contribution in [0.2, 0.25) is 0 Å². The van der Waals surface area contributed by atoms with E-state index in [1.807, 2.05) is 0 Å². The minimum atomic E-state index is -5.27. The monoisotopic (exact) mass is 524 g/mol. The minimum Gasteiger partial charge on any atom is -0.258 e. The molecule has 0 radical (unpaired) electrons. The van der Waals surface area contributed by atoms with Crippen molar-refractivity contribution in [3.05, 3.63) is 91.5 Å². The van der Waals surface area contributed by atoms with Gasteiger partial charge in [0.25, 0.3) is 11.4 Å². The molecule has 0 unspecified atom stereocenters. The summed E-state index contributed by atoms with van der Waals surface area (Å²) in [5.74, 6) is 0. The van der Waals surface area contributed by atoms with Crippen LogP contribution in [-0.4, -0.2) is 9.85 Å². The highest BCUT2D eigenvalue weighted by Crippen LogP contribution is 2.44. The molecule has 0 spiro atoms. The van der Waals surface area contributed by atoms with Gasteiger partial charge >= 0.3 is 18.5 Å². The Morgan fingerprint density at radius 3 is 1.22 bits per heavy atom. The predicted octanol–water partition coefficient (Wildman–Crippen LogP) is 7.89. The van der Waals surface area contributed by atoms with E-state index in [-0.39, 0.29) is 12.1 Å². The van der Waals surface area contributed by atoms with Crippen LogP contribution in [0.4, 0.5) is 50.9 Å². The maximum Gasteiger partial charge on any atom is 0.423 e.